The van der Waals surface area contributed by atoms with Gasteiger partial charge in [0.25, 0.3) is 0 Å². The van der Waals surface area contributed by atoms with Gasteiger partial charge in [0.1, 0.15) is 5.82 Å². The quantitative estimate of drug-likeness (QED) is 0.278. The van der Waals surface area contributed by atoms with Crippen molar-refractivity contribution in [3.63, 3.8) is 0 Å². The first kappa shape index (κ1) is 23.3. The van der Waals surface area contributed by atoms with E-state index in [9.17, 15) is 0 Å². The highest BCUT2D eigenvalue weighted by Gasteiger charge is 2.25. The zero-order chi connectivity index (χ0) is 20.6. The Labute approximate surface area is 202 Å². The van der Waals surface area contributed by atoms with Crippen LogP contribution in [0.5, 0.6) is 0 Å². The van der Waals surface area contributed by atoms with Gasteiger partial charge in [0.15, 0.2) is 5.96 Å². The molecule has 0 saturated carbocycles. The van der Waals surface area contributed by atoms with Gasteiger partial charge in [-0.2, -0.15) is 0 Å². The fourth-order valence-corrected chi connectivity index (χ4v) is 4.13. The molecule has 164 valence electrons. The Hall–Kier alpha value is -2.35. The summed E-state index contributed by atoms with van der Waals surface area (Å²) in [6.07, 6.45) is 5.96. The smallest absolute Gasteiger partial charge is 0.193 e. The van der Waals surface area contributed by atoms with Crippen LogP contribution in [0.25, 0.3) is 0 Å². The van der Waals surface area contributed by atoms with Crippen molar-refractivity contribution in [2.45, 2.75) is 32.2 Å². The highest BCUT2D eigenvalue weighted by atomic mass is 127. The van der Waals surface area contributed by atoms with Crippen molar-refractivity contribution in [2.75, 3.05) is 26.2 Å². The predicted octanol–water partition coefficient (Wildman–Crippen LogP) is 4.55. The van der Waals surface area contributed by atoms with E-state index < -0.39 is 0 Å². The summed E-state index contributed by atoms with van der Waals surface area (Å²) in [6.45, 7) is 6.68. The molecular weight excluding hydrogens is 497 g/mol. The second kappa shape index (κ2) is 11.9. The lowest BCUT2D eigenvalue weighted by Gasteiger charge is -2.21. The molecule has 0 aliphatic carbocycles. The molecule has 0 amide bonds. The second-order valence-corrected chi connectivity index (χ2v) is 7.78. The summed E-state index contributed by atoms with van der Waals surface area (Å²) in [5.74, 6) is 2.69. The molecule has 0 spiro atoms. The van der Waals surface area contributed by atoms with Gasteiger partial charge in [0.2, 0.25) is 0 Å². The third-order valence-electron chi connectivity index (χ3n) is 5.69. The molecule has 3 aromatic rings. The Bertz CT molecular complexity index is 939. The Morgan fingerprint density at radius 1 is 1.10 bits per heavy atom. The number of imidazole rings is 1. The molecule has 1 atom stereocenters. The van der Waals surface area contributed by atoms with Crippen LogP contribution in [0.2, 0.25) is 0 Å². The zero-order valence-electron chi connectivity index (χ0n) is 18.2. The van der Waals surface area contributed by atoms with Crippen molar-refractivity contribution in [3.8, 4) is 0 Å². The van der Waals surface area contributed by atoms with Crippen LogP contribution in [0.4, 0.5) is 0 Å². The van der Waals surface area contributed by atoms with E-state index in [1.807, 2.05) is 6.20 Å². The summed E-state index contributed by atoms with van der Waals surface area (Å²) in [5.41, 5.74) is 2.72. The van der Waals surface area contributed by atoms with E-state index in [0.29, 0.717) is 5.92 Å². The number of aliphatic imine (C=N–C) groups is 1. The maximum Gasteiger partial charge on any atom is 0.193 e. The van der Waals surface area contributed by atoms with Gasteiger partial charge in [-0.15, -0.1) is 24.0 Å². The number of hydrogen-bond donors (Lipinski definition) is 1. The molecule has 1 fully saturated rings. The van der Waals surface area contributed by atoms with Crippen LogP contribution < -0.4 is 5.32 Å². The Morgan fingerprint density at radius 3 is 2.58 bits per heavy atom. The number of rotatable bonds is 7. The SMILES string of the molecule is CCNC(=NCCc1nccn1Cc1ccccc1)N1CCC(c2ccccc2)C1.I. The summed E-state index contributed by atoms with van der Waals surface area (Å²) in [5, 5.41) is 3.48. The molecule has 1 aliphatic rings. The number of benzene rings is 2. The highest BCUT2D eigenvalue weighted by Crippen LogP contribution is 2.26. The molecule has 0 bridgehead atoms. The third-order valence-corrected chi connectivity index (χ3v) is 5.69. The highest BCUT2D eigenvalue weighted by molar-refractivity contribution is 14.0. The molecule has 4 rings (SSSR count). The van der Waals surface area contributed by atoms with E-state index >= 15 is 0 Å². The van der Waals surface area contributed by atoms with Gasteiger partial charge < -0.3 is 14.8 Å². The molecule has 1 unspecified atom stereocenters. The number of nitrogens with one attached hydrogen (secondary N) is 1. The monoisotopic (exact) mass is 529 g/mol. The predicted molar refractivity (Wildman–Crippen MR) is 138 cm³/mol. The van der Waals surface area contributed by atoms with Crippen molar-refractivity contribution in [1.29, 1.82) is 0 Å². The van der Waals surface area contributed by atoms with Crippen LogP contribution in [0.3, 0.4) is 0 Å². The average molecular weight is 529 g/mol. The number of nitrogens with zero attached hydrogens (tertiary/aromatic N) is 4. The lowest BCUT2D eigenvalue weighted by atomic mass is 9.99. The van der Waals surface area contributed by atoms with Gasteiger partial charge in [-0.3, -0.25) is 4.99 Å². The van der Waals surface area contributed by atoms with Crippen LogP contribution in [-0.4, -0.2) is 46.6 Å². The number of hydrogen-bond acceptors (Lipinski definition) is 2. The van der Waals surface area contributed by atoms with Gasteiger partial charge in [0.05, 0.1) is 0 Å². The Balaban J connectivity index is 0.00000272. The molecule has 1 aromatic heterocycles. The molecule has 1 N–H and O–H groups in total. The summed E-state index contributed by atoms with van der Waals surface area (Å²) in [6, 6.07) is 21.4. The third kappa shape index (κ3) is 6.32. The minimum Gasteiger partial charge on any atom is -0.357 e. The first-order chi connectivity index (χ1) is 14.8. The molecule has 6 heteroatoms. The molecular formula is C25H32IN5. The zero-order valence-corrected chi connectivity index (χ0v) is 20.5. The van der Waals surface area contributed by atoms with E-state index in [0.717, 1.165) is 50.9 Å². The average Bonchev–Trinajstić information content (AvgIpc) is 3.45. The normalized spacial score (nSPS) is 16.2. The topological polar surface area (TPSA) is 45.5 Å². The second-order valence-electron chi connectivity index (χ2n) is 7.78. The van der Waals surface area contributed by atoms with E-state index in [1.54, 1.807) is 0 Å². The van der Waals surface area contributed by atoms with Crippen LogP contribution >= 0.6 is 24.0 Å². The molecule has 1 aliphatic heterocycles. The maximum atomic E-state index is 4.92. The molecule has 2 aromatic carbocycles. The Kier molecular flexibility index (Phi) is 8.94. The van der Waals surface area contributed by atoms with Gasteiger partial charge >= 0.3 is 0 Å². The van der Waals surface area contributed by atoms with Crippen LogP contribution in [-0.2, 0) is 13.0 Å². The largest absolute Gasteiger partial charge is 0.357 e. The standard InChI is InChI=1S/C25H31N5.HI/c1-2-26-25(30-17-14-23(20-30)22-11-7-4-8-12-22)28-15-13-24-27-16-18-29(24)19-21-9-5-3-6-10-21;/h3-12,16,18,23H,2,13-15,17,19-20H2,1H3,(H,26,28);1H. The van der Waals surface area contributed by atoms with Gasteiger partial charge in [-0.1, -0.05) is 60.7 Å². The van der Waals surface area contributed by atoms with Gasteiger partial charge in [-0.05, 0) is 24.5 Å². The van der Waals surface area contributed by atoms with Crippen LogP contribution in [0.15, 0.2) is 78.0 Å². The van der Waals surface area contributed by atoms with Crippen molar-refractivity contribution in [2.24, 2.45) is 4.99 Å². The summed E-state index contributed by atoms with van der Waals surface area (Å²) >= 11 is 0. The van der Waals surface area contributed by atoms with Crippen molar-refractivity contribution in [1.82, 2.24) is 19.8 Å². The first-order valence-corrected chi connectivity index (χ1v) is 11.0. The summed E-state index contributed by atoms with van der Waals surface area (Å²) in [7, 11) is 0. The molecule has 1 saturated heterocycles. The maximum absolute atomic E-state index is 4.92. The van der Waals surface area contributed by atoms with E-state index in [-0.39, 0.29) is 24.0 Å². The number of halogens is 1. The minimum atomic E-state index is 0. The van der Waals surface area contributed by atoms with Crippen LogP contribution in [0.1, 0.15) is 36.2 Å². The number of guanidine groups is 1. The van der Waals surface area contributed by atoms with E-state index in [1.165, 1.54) is 17.5 Å². The van der Waals surface area contributed by atoms with Crippen molar-refractivity contribution >= 4 is 29.9 Å². The van der Waals surface area contributed by atoms with Gasteiger partial charge in [0, 0.05) is 57.5 Å². The number of likely N-dealkylation sites (tertiary alicyclic amines) is 1. The van der Waals surface area contributed by atoms with Gasteiger partial charge in [-0.25, -0.2) is 4.98 Å². The molecule has 2 heterocycles. The van der Waals surface area contributed by atoms with E-state index in [2.05, 4.69) is 93.6 Å². The molecule has 5 nitrogen and oxygen atoms in total. The lowest BCUT2D eigenvalue weighted by molar-refractivity contribution is 0.486. The number of aromatic nitrogens is 2. The fraction of sp³-hybridized carbons (Fsp3) is 0.360. The molecule has 0 radical (unpaired) electrons. The lowest BCUT2D eigenvalue weighted by Crippen LogP contribution is -2.40. The first-order valence-electron chi connectivity index (χ1n) is 11.0. The summed E-state index contributed by atoms with van der Waals surface area (Å²) in [4.78, 5) is 11.9. The van der Waals surface area contributed by atoms with Crippen molar-refractivity contribution in [3.05, 3.63) is 90.0 Å². The van der Waals surface area contributed by atoms with Crippen molar-refractivity contribution < 1.29 is 0 Å². The Morgan fingerprint density at radius 2 is 1.84 bits per heavy atom. The van der Waals surface area contributed by atoms with Crippen LogP contribution in [0, 0.1) is 0 Å². The fourth-order valence-electron chi connectivity index (χ4n) is 4.13. The summed E-state index contributed by atoms with van der Waals surface area (Å²) < 4.78 is 2.22. The molecule has 31 heavy (non-hydrogen) atoms. The minimum absolute atomic E-state index is 0. The van der Waals surface area contributed by atoms with E-state index in [4.69, 9.17) is 4.99 Å².